The SMILES string of the molecule is CCOC(=O)C(Cl)=NNc1cc(F)ccc1O/C(C)=C\c1ccccc1. The van der Waals surface area contributed by atoms with Crippen LogP contribution in [0.15, 0.2) is 59.4 Å². The molecule has 0 saturated carbocycles. The highest BCUT2D eigenvalue weighted by molar-refractivity contribution is 6.82. The zero-order chi connectivity index (χ0) is 18.9. The van der Waals surface area contributed by atoms with Gasteiger partial charge in [-0.3, -0.25) is 5.43 Å². The lowest BCUT2D eigenvalue weighted by Gasteiger charge is -2.11. The number of rotatable bonds is 7. The molecule has 1 N–H and O–H groups in total. The number of nitrogens with one attached hydrogen (secondary N) is 1. The number of anilines is 1. The van der Waals surface area contributed by atoms with E-state index >= 15 is 0 Å². The lowest BCUT2D eigenvalue weighted by atomic mass is 10.2. The van der Waals surface area contributed by atoms with Crippen LogP contribution >= 0.6 is 11.6 Å². The van der Waals surface area contributed by atoms with Crippen LogP contribution in [0.2, 0.25) is 0 Å². The van der Waals surface area contributed by atoms with Crippen LogP contribution in [0.4, 0.5) is 10.1 Å². The summed E-state index contributed by atoms with van der Waals surface area (Å²) in [4.78, 5) is 11.5. The van der Waals surface area contributed by atoms with E-state index in [0.717, 1.165) is 5.56 Å². The molecule has 0 atom stereocenters. The molecule has 136 valence electrons. The molecule has 0 aliphatic carbocycles. The zero-order valence-corrected chi connectivity index (χ0v) is 15.1. The maximum atomic E-state index is 13.6. The number of nitrogens with zero attached hydrogens (tertiary/aromatic N) is 1. The Morgan fingerprint density at radius 2 is 2.00 bits per heavy atom. The Labute approximate surface area is 156 Å². The minimum absolute atomic E-state index is 0.169. The summed E-state index contributed by atoms with van der Waals surface area (Å²) in [5.41, 5.74) is 3.70. The van der Waals surface area contributed by atoms with Crippen molar-refractivity contribution in [3.8, 4) is 5.75 Å². The molecule has 2 rings (SSSR count). The third-order valence-corrected chi connectivity index (χ3v) is 3.34. The number of carbonyl (C=O) groups is 1. The monoisotopic (exact) mass is 376 g/mol. The van der Waals surface area contributed by atoms with Crippen LogP contribution in [-0.2, 0) is 9.53 Å². The number of hydrogen-bond acceptors (Lipinski definition) is 5. The first-order valence-corrected chi connectivity index (χ1v) is 8.24. The van der Waals surface area contributed by atoms with Crippen molar-refractivity contribution in [3.63, 3.8) is 0 Å². The normalized spacial score (nSPS) is 11.8. The molecule has 0 aliphatic heterocycles. The Hall–Kier alpha value is -2.86. The number of carbonyl (C=O) groups excluding carboxylic acids is 1. The van der Waals surface area contributed by atoms with Crippen molar-refractivity contribution in [2.24, 2.45) is 5.10 Å². The quantitative estimate of drug-likeness (QED) is 0.326. The van der Waals surface area contributed by atoms with Gasteiger partial charge in [0.1, 0.15) is 17.3 Å². The van der Waals surface area contributed by atoms with Gasteiger partial charge in [-0.2, -0.15) is 5.10 Å². The van der Waals surface area contributed by atoms with Crippen LogP contribution < -0.4 is 10.2 Å². The summed E-state index contributed by atoms with van der Waals surface area (Å²) in [5, 5.41) is 3.29. The van der Waals surface area contributed by atoms with Gasteiger partial charge in [-0.1, -0.05) is 41.9 Å². The van der Waals surface area contributed by atoms with Gasteiger partial charge in [0.15, 0.2) is 5.75 Å². The molecule has 2 aromatic rings. The summed E-state index contributed by atoms with van der Waals surface area (Å²) in [6.07, 6.45) is 1.84. The highest BCUT2D eigenvalue weighted by Crippen LogP contribution is 2.27. The van der Waals surface area contributed by atoms with Gasteiger partial charge >= 0.3 is 5.97 Å². The fourth-order valence-electron chi connectivity index (χ4n) is 2.01. The molecular weight excluding hydrogens is 359 g/mol. The second-order valence-electron chi connectivity index (χ2n) is 5.14. The smallest absolute Gasteiger partial charge is 0.370 e. The van der Waals surface area contributed by atoms with Crippen LogP contribution in [0.5, 0.6) is 5.75 Å². The first-order valence-electron chi connectivity index (χ1n) is 7.86. The van der Waals surface area contributed by atoms with Gasteiger partial charge in [0.05, 0.1) is 6.61 Å². The van der Waals surface area contributed by atoms with E-state index in [-0.39, 0.29) is 12.3 Å². The van der Waals surface area contributed by atoms with E-state index in [4.69, 9.17) is 21.1 Å². The topological polar surface area (TPSA) is 59.9 Å². The van der Waals surface area contributed by atoms with Gasteiger partial charge in [-0.05, 0) is 37.6 Å². The van der Waals surface area contributed by atoms with E-state index in [1.165, 1.54) is 18.2 Å². The van der Waals surface area contributed by atoms with Gasteiger partial charge < -0.3 is 9.47 Å². The largest absolute Gasteiger partial charge is 0.461 e. The first-order chi connectivity index (χ1) is 12.5. The van der Waals surface area contributed by atoms with E-state index in [1.54, 1.807) is 13.8 Å². The van der Waals surface area contributed by atoms with Crippen LogP contribution in [0.1, 0.15) is 19.4 Å². The van der Waals surface area contributed by atoms with Gasteiger partial charge in [0.25, 0.3) is 0 Å². The average molecular weight is 377 g/mol. The van der Waals surface area contributed by atoms with Crippen molar-refractivity contribution in [1.82, 2.24) is 0 Å². The highest BCUT2D eigenvalue weighted by Gasteiger charge is 2.11. The van der Waals surface area contributed by atoms with Crippen molar-refractivity contribution in [2.75, 3.05) is 12.0 Å². The second-order valence-corrected chi connectivity index (χ2v) is 5.50. The number of hydrazone groups is 1. The van der Waals surface area contributed by atoms with Crippen molar-refractivity contribution >= 4 is 34.5 Å². The summed E-state index contributed by atoms with van der Waals surface area (Å²) in [6, 6.07) is 13.5. The summed E-state index contributed by atoms with van der Waals surface area (Å²) in [6.45, 7) is 3.59. The van der Waals surface area contributed by atoms with Gasteiger partial charge in [-0.15, -0.1) is 0 Å². The molecule has 2 aromatic carbocycles. The Kier molecular flexibility index (Phi) is 7.17. The number of benzene rings is 2. The Balaban J connectivity index is 2.18. The zero-order valence-electron chi connectivity index (χ0n) is 14.3. The molecule has 0 bridgehead atoms. The van der Waals surface area contributed by atoms with Crippen LogP contribution in [0, 0.1) is 5.82 Å². The van der Waals surface area contributed by atoms with Crippen molar-refractivity contribution in [1.29, 1.82) is 0 Å². The number of hydrogen-bond donors (Lipinski definition) is 1. The highest BCUT2D eigenvalue weighted by atomic mass is 35.5. The number of halogens is 2. The molecule has 0 amide bonds. The second kappa shape index (κ2) is 9.58. The molecule has 0 unspecified atom stereocenters. The number of esters is 1. The predicted octanol–water partition coefficient (Wildman–Crippen LogP) is 4.79. The van der Waals surface area contributed by atoms with E-state index in [1.807, 2.05) is 36.4 Å². The maximum Gasteiger partial charge on any atom is 0.370 e. The lowest BCUT2D eigenvalue weighted by molar-refractivity contribution is -0.134. The summed E-state index contributed by atoms with van der Waals surface area (Å²) in [7, 11) is 0. The van der Waals surface area contributed by atoms with E-state index in [2.05, 4.69) is 10.5 Å². The molecule has 0 spiro atoms. The third kappa shape index (κ3) is 5.89. The number of ether oxygens (including phenoxy) is 2. The van der Waals surface area contributed by atoms with Crippen molar-refractivity contribution < 1.29 is 18.7 Å². The van der Waals surface area contributed by atoms with E-state index in [9.17, 15) is 9.18 Å². The molecule has 0 aromatic heterocycles. The van der Waals surface area contributed by atoms with Crippen molar-refractivity contribution in [2.45, 2.75) is 13.8 Å². The molecule has 0 heterocycles. The molecule has 0 saturated heterocycles. The minimum atomic E-state index is -0.777. The molecule has 0 fully saturated rings. The van der Waals surface area contributed by atoms with Gasteiger partial charge in [-0.25, -0.2) is 9.18 Å². The van der Waals surface area contributed by atoms with Crippen LogP contribution in [-0.4, -0.2) is 17.7 Å². The summed E-state index contributed by atoms with van der Waals surface area (Å²) in [5.74, 6) is -0.354. The molecule has 0 radical (unpaired) electrons. The molecule has 7 heteroatoms. The lowest BCUT2D eigenvalue weighted by Crippen LogP contribution is -2.13. The standard InChI is InChI=1S/C19H18ClFN2O3/c1-3-25-19(24)18(20)23-22-16-12-15(21)9-10-17(16)26-13(2)11-14-7-5-4-6-8-14/h4-12,22H,3H2,1-2H3/b13-11-,23-18?. The molecule has 5 nitrogen and oxygen atoms in total. The predicted molar refractivity (Wildman–Crippen MR) is 101 cm³/mol. The van der Waals surface area contributed by atoms with Gasteiger partial charge in [0.2, 0.25) is 5.17 Å². The summed E-state index contributed by atoms with van der Waals surface area (Å²) >= 11 is 5.73. The first kappa shape index (κ1) is 19.5. The van der Waals surface area contributed by atoms with Crippen LogP contribution in [0.3, 0.4) is 0 Å². The molecule has 0 aliphatic rings. The average Bonchev–Trinajstić information content (AvgIpc) is 2.62. The van der Waals surface area contributed by atoms with Crippen LogP contribution in [0.25, 0.3) is 6.08 Å². The molecule has 26 heavy (non-hydrogen) atoms. The van der Waals surface area contributed by atoms with Gasteiger partial charge in [0, 0.05) is 6.07 Å². The van der Waals surface area contributed by atoms with Crippen molar-refractivity contribution in [3.05, 3.63) is 65.7 Å². The number of allylic oxidation sites excluding steroid dienone is 1. The molecular formula is C19H18ClFN2O3. The Morgan fingerprint density at radius 3 is 2.69 bits per heavy atom. The van der Waals surface area contributed by atoms with E-state index < -0.39 is 17.0 Å². The Morgan fingerprint density at radius 1 is 1.27 bits per heavy atom. The Bertz CT molecular complexity index is 823. The third-order valence-electron chi connectivity index (χ3n) is 3.10. The maximum absolute atomic E-state index is 13.6. The fourth-order valence-corrected chi connectivity index (χ4v) is 2.11. The summed E-state index contributed by atoms with van der Waals surface area (Å²) < 4.78 is 24.0. The minimum Gasteiger partial charge on any atom is -0.461 e. The fraction of sp³-hybridized carbons (Fsp3) is 0.158. The van der Waals surface area contributed by atoms with E-state index in [0.29, 0.717) is 11.5 Å².